The largest absolute Gasteiger partial charge is 0.340 e. The highest BCUT2D eigenvalue weighted by Crippen LogP contribution is 2.27. The minimum absolute atomic E-state index is 0.148. The maximum atomic E-state index is 12.4. The van der Waals surface area contributed by atoms with Gasteiger partial charge in [0.25, 0.3) is 0 Å². The lowest BCUT2D eigenvalue weighted by Crippen LogP contribution is -2.40. The van der Waals surface area contributed by atoms with E-state index in [2.05, 4.69) is 35.7 Å². The monoisotopic (exact) mass is 372 g/mol. The predicted molar refractivity (Wildman–Crippen MR) is 94.9 cm³/mol. The van der Waals surface area contributed by atoms with Gasteiger partial charge in [0.1, 0.15) is 11.5 Å². The van der Waals surface area contributed by atoms with E-state index in [1.54, 1.807) is 11.1 Å². The van der Waals surface area contributed by atoms with Crippen molar-refractivity contribution in [3.8, 4) is 10.7 Å². The molecule has 0 aliphatic carbocycles. The summed E-state index contributed by atoms with van der Waals surface area (Å²) in [6.45, 7) is 1.16. The minimum atomic E-state index is -0.305. The number of H-pyrrole nitrogens is 2. The van der Waals surface area contributed by atoms with Crippen LogP contribution in [0.15, 0.2) is 29.2 Å². The summed E-state index contributed by atoms with van der Waals surface area (Å²) in [6, 6.07) is 5.34. The summed E-state index contributed by atoms with van der Waals surface area (Å²) in [6.07, 6.45) is 3.17. The van der Waals surface area contributed by atoms with Crippen LogP contribution in [0.3, 0.4) is 0 Å². The third-order valence-corrected chi connectivity index (χ3v) is 5.07. The molecule has 0 aromatic carbocycles. The first-order chi connectivity index (χ1) is 12.7. The number of aromatic amines is 2. The van der Waals surface area contributed by atoms with Gasteiger partial charge in [0, 0.05) is 25.2 Å². The highest BCUT2D eigenvalue weighted by atomic mass is 32.1. The van der Waals surface area contributed by atoms with Gasteiger partial charge in [-0.3, -0.25) is 15.3 Å². The topological polar surface area (TPSA) is 133 Å². The lowest BCUT2D eigenvalue weighted by molar-refractivity contribution is 0.193. The molecule has 0 spiro atoms. The van der Waals surface area contributed by atoms with Crippen LogP contribution < -0.4 is 11.0 Å². The zero-order valence-electron chi connectivity index (χ0n) is 13.7. The fraction of sp³-hybridized carbons (Fsp3) is 0.333. The molecule has 1 aliphatic rings. The Morgan fingerprint density at radius 3 is 2.81 bits per heavy atom. The van der Waals surface area contributed by atoms with Crippen LogP contribution in [-0.2, 0) is 0 Å². The molecule has 2 amide bonds. The fourth-order valence-electron chi connectivity index (χ4n) is 2.87. The smallest absolute Gasteiger partial charge is 0.324 e. The summed E-state index contributed by atoms with van der Waals surface area (Å²) in [5.41, 5.74) is 0.416. The second kappa shape index (κ2) is 7.04. The van der Waals surface area contributed by atoms with Crippen molar-refractivity contribution in [1.29, 1.82) is 0 Å². The van der Waals surface area contributed by atoms with Crippen LogP contribution in [0.5, 0.6) is 0 Å². The number of nitrogens with one attached hydrogen (secondary N) is 3. The molecule has 134 valence electrons. The number of pyridine rings is 1. The zero-order chi connectivity index (χ0) is 17.9. The van der Waals surface area contributed by atoms with Gasteiger partial charge in [-0.1, -0.05) is 17.4 Å². The molecule has 0 unspecified atom stereocenters. The van der Waals surface area contributed by atoms with Gasteiger partial charge in [0.2, 0.25) is 5.13 Å². The number of rotatable bonds is 3. The van der Waals surface area contributed by atoms with E-state index < -0.39 is 0 Å². The molecule has 26 heavy (non-hydrogen) atoms. The Kier molecular flexibility index (Phi) is 4.44. The first kappa shape index (κ1) is 16.4. The van der Waals surface area contributed by atoms with E-state index in [0.717, 1.165) is 18.5 Å². The van der Waals surface area contributed by atoms with E-state index in [9.17, 15) is 9.59 Å². The van der Waals surface area contributed by atoms with Crippen molar-refractivity contribution < 1.29 is 4.79 Å². The zero-order valence-corrected chi connectivity index (χ0v) is 14.5. The molecule has 3 aromatic rings. The van der Waals surface area contributed by atoms with E-state index in [4.69, 9.17) is 0 Å². The second-order valence-corrected chi connectivity index (χ2v) is 6.86. The minimum Gasteiger partial charge on any atom is -0.324 e. The van der Waals surface area contributed by atoms with E-state index >= 15 is 0 Å². The standard InChI is InChI=1S/C15H16N8O2S/c24-13-17-11(19-21-13)9-4-7-23(8-5-9)15(25)18-14-22-20-12(26-14)10-3-1-2-6-16-10/h1-3,6,9H,4-5,7-8H2,(H,18,22,25)(H2,17,19,21,24). The summed E-state index contributed by atoms with van der Waals surface area (Å²) in [7, 11) is 0. The van der Waals surface area contributed by atoms with Gasteiger partial charge in [-0.15, -0.1) is 10.2 Å². The predicted octanol–water partition coefficient (Wildman–Crippen LogP) is 1.42. The molecule has 1 fully saturated rings. The van der Waals surface area contributed by atoms with Crippen LogP contribution in [0.25, 0.3) is 10.7 Å². The molecule has 1 aliphatic heterocycles. The molecule has 4 heterocycles. The number of hydrogen-bond acceptors (Lipinski definition) is 7. The highest BCUT2D eigenvalue weighted by Gasteiger charge is 2.26. The van der Waals surface area contributed by atoms with Gasteiger partial charge in [0.05, 0.1) is 0 Å². The van der Waals surface area contributed by atoms with Gasteiger partial charge < -0.3 is 4.90 Å². The summed E-state index contributed by atoms with van der Waals surface area (Å²) in [4.78, 5) is 32.2. The summed E-state index contributed by atoms with van der Waals surface area (Å²) < 4.78 is 0. The second-order valence-electron chi connectivity index (χ2n) is 5.88. The Hall–Kier alpha value is -3.08. The maximum absolute atomic E-state index is 12.4. The third-order valence-electron chi connectivity index (χ3n) is 4.21. The van der Waals surface area contributed by atoms with Gasteiger partial charge in [-0.25, -0.2) is 14.7 Å². The number of nitrogens with zero attached hydrogens (tertiary/aromatic N) is 5. The van der Waals surface area contributed by atoms with Gasteiger partial charge in [-0.05, 0) is 25.0 Å². The van der Waals surface area contributed by atoms with Crippen molar-refractivity contribution >= 4 is 22.5 Å². The fourth-order valence-corrected chi connectivity index (χ4v) is 3.58. The summed E-state index contributed by atoms with van der Waals surface area (Å²) in [5.74, 6) is 0.800. The molecular formula is C15H16N8O2S. The molecule has 0 radical (unpaired) electrons. The van der Waals surface area contributed by atoms with Crippen molar-refractivity contribution in [3.63, 3.8) is 0 Å². The number of amides is 2. The van der Waals surface area contributed by atoms with E-state index in [0.29, 0.717) is 29.1 Å². The third kappa shape index (κ3) is 3.47. The quantitative estimate of drug-likeness (QED) is 0.637. The van der Waals surface area contributed by atoms with Gasteiger partial charge >= 0.3 is 11.7 Å². The van der Waals surface area contributed by atoms with E-state index in [1.807, 2.05) is 18.2 Å². The van der Waals surface area contributed by atoms with Crippen LogP contribution in [0, 0.1) is 0 Å². The van der Waals surface area contributed by atoms with Crippen LogP contribution in [0.4, 0.5) is 9.93 Å². The Morgan fingerprint density at radius 2 is 2.12 bits per heavy atom. The van der Waals surface area contributed by atoms with E-state index in [-0.39, 0.29) is 17.6 Å². The van der Waals surface area contributed by atoms with Crippen molar-refractivity contribution in [2.45, 2.75) is 18.8 Å². The van der Waals surface area contributed by atoms with Crippen LogP contribution in [0.1, 0.15) is 24.6 Å². The molecule has 0 bridgehead atoms. The number of hydrogen-bond donors (Lipinski definition) is 3. The Labute approximate surface area is 151 Å². The molecule has 0 saturated carbocycles. The highest BCUT2D eigenvalue weighted by molar-refractivity contribution is 7.18. The number of piperidine rings is 1. The first-order valence-corrected chi connectivity index (χ1v) is 8.96. The normalized spacial score (nSPS) is 15.2. The lowest BCUT2D eigenvalue weighted by Gasteiger charge is -2.30. The number of aromatic nitrogens is 6. The number of urea groups is 1. The summed E-state index contributed by atoms with van der Waals surface area (Å²) >= 11 is 1.28. The lowest BCUT2D eigenvalue weighted by atomic mass is 9.96. The van der Waals surface area contributed by atoms with Crippen LogP contribution >= 0.6 is 11.3 Å². The Balaban J connectivity index is 1.34. The molecular weight excluding hydrogens is 356 g/mol. The molecule has 3 N–H and O–H groups in total. The maximum Gasteiger partial charge on any atom is 0.340 e. The molecule has 1 saturated heterocycles. The average Bonchev–Trinajstić information content (AvgIpc) is 3.32. The van der Waals surface area contributed by atoms with Crippen molar-refractivity contribution in [1.82, 2.24) is 35.3 Å². The van der Waals surface area contributed by atoms with Crippen LogP contribution in [0.2, 0.25) is 0 Å². The van der Waals surface area contributed by atoms with Gasteiger partial charge in [0.15, 0.2) is 5.01 Å². The molecule has 0 atom stereocenters. The number of carbonyl (C=O) groups excluding carboxylic acids is 1. The summed E-state index contributed by atoms with van der Waals surface area (Å²) in [5, 5.41) is 18.3. The first-order valence-electron chi connectivity index (χ1n) is 8.14. The van der Waals surface area contributed by atoms with Crippen molar-refractivity contribution in [2.24, 2.45) is 0 Å². The molecule has 10 nitrogen and oxygen atoms in total. The molecule has 4 rings (SSSR count). The average molecular weight is 372 g/mol. The number of carbonyl (C=O) groups is 1. The molecule has 3 aromatic heterocycles. The SMILES string of the molecule is O=C(Nc1nnc(-c2ccccn2)s1)N1CCC(c2n[nH]c(=O)[nH]2)CC1. The van der Waals surface area contributed by atoms with E-state index in [1.165, 1.54) is 11.3 Å². The Bertz CT molecular complexity index is 942. The molecule has 11 heteroatoms. The number of anilines is 1. The van der Waals surface area contributed by atoms with Crippen molar-refractivity contribution in [3.05, 3.63) is 40.7 Å². The Morgan fingerprint density at radius 1 is 1.27 bits per heavy atom. The van der Waals surface area contributed by atoms with Crippen molar-refractivity contribution in [2.75, 3.05) is 18.4 Å². The number of likely N-dealkylation sites (tertiary alicyclic amines) is 1. The van der Waals surface area contributed by atoms with Crippen LogP contribution in [-0.4, -0.2) is 54.4 Å². The van der Waals surface area contributed by atoms with Gasteiger partial charge in [-0.2, -0.15) is 5.10 Å².